The van der Waals surface area contributed by atoms with Crippen LogP contribution in [0.2, 0.25) is 5.02 Å². The van der Waals surface area contributed by atoms with Crippen molar-refractivity contribution in [2.24, 2.45) is 0 Å². The van der Waals surface area contributed by atoms with Gasteiger partial charge in [0.25, 0.3) is 11.5 Å². The number of nitrogens with one attached hydrogen (secondary N) is 1. The molecule has 28 heavy (non-hydrogen) atoms. The van der Waals surface area contributed by atoms with Crippen LogP contribution in [-0.2, 0) is 0 Å². The van der Waals surface area contributed by atoms with Crippen molar-refractivity contribution in [3.05, 3.63) is 50.9 Å². The zero-order valence-corrected chi connectivity index (χ0v) is 17.2. The molecule has 7 nitrogen and oxygen atoms in total. The topological polar surface area (TPSA) is 72.8 Å². The zero-order valence-electron chi connectivity index (χ0n) is 16.4. The van der Waals surface area contributed by atoms with Crippen molar-refractivity contribution in [2.45, 2.75) is 19.9 Å². The molecule has 1 unspecified atom stereocenters. The lowest BCUT2D eigenvalue weighted by Gasteiger charge is -2.21. The Hall–Kier alpha value is -2.51. The molecule has 1 atom stereocenters. The van der Waals surface area contributed by atoms with Crippen molar-refractivity contribution >= 4 is 23.2 Å². The van der Waals surface area contributed by atoms with Gasteiger partial charge in [0, 0.05) is 30.9 Å². The number of likely N-dealkylation sites (N-methyl/N-ethyl adjacent to an activating group) is 1. The van der Waals surface area contributed by atoms with Crippen molar-refractivity contribution < 1.29 is 14.3 Å². The van der Waals surface area contributed by atoms with Gasteiger partial charge < -0.3 is 24.3 Å². The molecule has 1 aromatic heterocycles. The number of aryl methyl sites for hydroxylation is 1. The summed E-state index contributed by atoms with van der Waals surface area (Å²) in [4.78, 5) is 27.9. The van der Waals surface area contributed by atoms with Gasteiger partial charge in [0.15, 0.2) is 11.5 Å². The van der Waals surface area contributed by atoms with E-state index >= 15 is 0 Å². The van der Waals surface area contributed by atoms with E-state index in [4.69, 9.17) is 21.1 Å². The number of pyridine rings is 1. The van der Waals surface area contributed by atoms with E-state index in [1.54, 1.807) is 35.9 Å². The average molecular weight is 406 g/mol. The molecule has 0 saturated heterocycles. The van der Waals surface area contributed by atoms with Crippen molar-refractivity contribution in [2.75, 3.05) is 39.2 Å². The molecule has 1 amide bonds. The Bertz CT molecular complexity index is 955. The molecule has 0 saturated carbocycles. The van der Waals surface area contributed by atoms with Gasteiger partial charge in [-0.05, 0) is 39.6 Å². The maximum absolute atomic E-state index is 13.0. The molecular formula is C20H24ClN3O4. The Morgan fingerprint density at radius 1 is 1.29 bits per heavy atom. The third-order valence-corrected chi connectivity index (χ3v) is 4.85. The molecule has 1 aliphatic heterocycles. The minimum atomic E-state index is -0.507. The van der Waals surface area contributed by atoms with Crippen LogP contribution in [0.5, 0.6) is 11.5 Å². The summed E-state index contributed by atoms with van der Waals surface area (Å²) in [7, 11) is 3.88. The number of aromatic nitrogens is 1. The first-order valence-corrected chi connectivity index (χ1v) is 9.42. The second-order valence-corrected chi connectivity index (χ2v) is 7.53. The van der Waals surface area contributed by atoms with Gasteiger partial charge >= 0.3 is 0 Å². The quantitative estimate of drug-likeness (QED) is 0.827. The van der Waals surface area contributed by atoms with E-state index in [1.807, 2.05) is 25.9 Å². The Morgan fingerprint density at radius 2 is 1.93 bits per heavy atom. The van der Waals surface area contributed by atoms with E-state index in [1.165, 1.54) is 0 Å². The molecule has 2 aromatic rings. The number of ether oxygens (including phenoxy) is 2. The second kappa shape index (κ2) is 8.24. The molecule has 1 aromatic carbocycles. The number of carbonyl (C=O) groups excluding carboxylic acids is 1. The molecule has 0 bridgehead atoms. The van der Waals surface area contributed by atoms with Crippen LogP contribution in [0.15, 0.2) is 29.2 Å². The molecule has 1 aliphatic rings. The second-order valence-electron chi connectivity index (χ2n) is 7.13. The van der Waals surface area contributed by atoms with Gasteiger partial charge in [-0.25, -0.2) is 0 Å². The summed E-state index contributed by atoms with van der Waals surface area (Å²) in [5.74, 6) is 0.533. The van der Waals surface area contributed by atoms with Gasteiger partial charge in [0.05, 0.1) is 10.7 Å². The van der Waals surface area contributed by atoms with Crippen LogP contribution in [0.4, 0.5) is 5.69 Å². The Morgan fingerprint density at radius 3 is 2.57 bits per heavy atom. The number of benzene rings is 1. The van der Waals surface area contributed by atoms with Gasteiger partial charge in [-0.2, -0.15) is 0 Å². The fourth-order valence-electron chi connectivity index (χ4n) is 3.23. The number of fused-ring (bicyclic) bond motifs is 1. The molecule has 1 N–H and O–H groups in total. The largest absolute Gasteiger partial charge is 0.486 e. The fraction of sp³-hybridized carbons (Fsp3) is 0.400. The standard InChI is InChI=1S/C20H24ClN3O4/c1-12-5-6-24(13(2)11-23(3)4)20(26)18(12)19(25)22-15-10-17-16(9-14(15)21)27-7-8-28-17/h5-6,9-10,13H,7-8,11H2,1-4H3,(H,22,25). The van der Waals surface area contributed by atoms with Gasteiger partial charge in [0.1, 0.15) is 18.8 Å². The van der Waals surface area contributed by atoms with E-state index in [0.717, 1.165) is 0 Å². The van der Waals surface area contributed by atoms with E-state index in [-0.39, 0.29) is 17.2 Å². The maximum atomic E-state index is 13.0. The van der Waals surface area contributed by atoms with Crippen LogP contribution < -0.4 is 20.3 Å². The van der Waals surface area contributed by atoms with Crippen LogP contribution in [0.1, 0.15) is 28.9 Å². The number of hydrogen-bond acceptors (Lipinski definition) is 5. The summed E-state index contributed by atoms with van der Waals surface area (Å²) in [5.41, 5.74) is 0.732. The molecule has 150 valence electrons. The first-order valence-electron chi connectivity index (χ1n) is 9.05. The number of amides is 1. The monoisotopic (exact) mass is 405 g/mol. The summed E-state index contributed by atoms with van der Waals surface area (Å²) in [5, 5.41) is 3.05. The smallest absolute Gasteiger partial charge is 0.263 e. The highest BCUT2D eigenvalue weighted by molar-refractivity contribution is 6.34. The highest BCUT2D eigenvalue weighted by Gasteiger charge is 2.21. The average Bonchev–Trinajstić information content (AvgIpc) is 2.61. The van der Waals surface area contributed by atoms with E-state index in [2.05, 4.69) is 5.32 Å². The highest BCUT2D eigenvalue weighted by atomic mass is 35.5. The lowest BCUT2D eigenvalue weighted by Crippen LogP contribution is -2.34. The summed E-state index contributed by atoms with van der Waals surface area (Å²) < 4.78 is 12.6. The minimum Gasteiger partial charge on any atom is -0.486 e. The van der Waals surface area contributed by atoms with Gasteiger partial charge in [-0.15, -0.1) is 0 Å². The van der Waals surface area contributed by atoms with E-state index in [9.17, 15) is 9.59 Å². The Kier molecular flexibility index (Phi) is 5.96. The summed E-state index contributed by atoms with van der Waals surface area (Å²) in [6, 6.07) is 4.90. The zero-order chi connectivity index (χ0) is 20.4. The van der Waals surface area contributed by atoms with Gasteiger partial charge in [0.2, 0.25) is 0 Å². The number of anilines is 1. The summed E-state index contributed by atoms with van der Waals surface area (Å²) in [6.07, 6.45) is 1.72. The van der Waals surface area contributed by atoms with Gasteiger partial charge in [-0.1, -0.05) is 11.6 Å². The predicted octanol–water partition coefficient (Wildman–Crippen LogP) is 2.96. The van der Waals surface area contributed by atoms with E-state index < -0.39 is 5.91 Å². The minimum absolute atomic E-state index is 0.0764. The number of hydrogen-bond donors (Lipinski definition) is 1. The molecule has 0 fully saturated rings. The highest BCUT2D eigenvalue weighted by Crippen LogP contribution is 2.38. The maximum Gasteiger partial charge on any atom is 0.263 e. The Labute approximate surface area is 168 Å². The first-order chi connectivity index (χ1) is 13.3. The first kappa shape index (κ1) is 20.2. The number of nitrogens with zero attached hydrogens (tertiary/aromatic N) is 2. The molecule has 2 heterocycles. The normalized spacial score (nSPS) is 14.1. The SMILES string of the molecule is Cc1ccn(C(C)CN(C)C)c(=O)c1C(=O)Nc1cc2c(cc1Cl)OCCO2. The summed E-state index contributed by atoms with van der Waals surface area (Å²) >= 11 is 6.27. The van der Waals surface area contributed by atoms with Crippen molar-refractivity contribution in [1.82, 2.24) is 9.47 Å². The van der Waals surface area contributed by atoms with Crippen LogP contribution in [0.3, 0.4) is 0 Å². The third kappa shape index (κ3) is 4.15. The third-order valence-electron chi connectivity index (χ3n) is 4.54. The number of rotatable bonds is 5. The predicted molar refractivity (Wildman–Crippen MR) is 109 cm³/mol. The summed E-state index contributed by atoms with van der Waals surface area (Å²) in [6.45, 7) is 5.23. The number of halogens is 1. The molecule has 3 rings (SSSR count). The van der Waals surface area contributed by atoms with Crippen molar-refractivity contribution in [3.8, 4) is 11.5 Å². The molecule has 0 radical (unpaired) electrons. The molecule has 0 spiro atoms. The van der Waals surface area contributed by atoms with Crippen LogP contribution >= 0.6 is 11.6 Å². The molecular weight excluding hydrogens is 382 g/mol. The van der Waals surface area contributed by atoms with Crippen LogP contribution in [0, 0.1) is 6.92 Å². The molecule has 0 aliphatic carbocycles. The van der Waals surface area contributed by atoms with Crippen molar-refractivity contribution in [1.29, 1.82) is 0 Å². The fourth-order valence-corrected chi connectivity index (χ4v) is 3.43. The Balaban J connectivity index is 1.92. The van der Waals surface area contributed by atoms with E-state index in [0.29, 0.717) is 47.5 Å². The lowest BCUT2D eigenvalue weighted by atomic mass is 10.1. The molecule has 8 heteroatoms. The van der Waals surface area contributed by atoms with Gasteiger partial charge in [-0.3, -0.25) is 9.59 Å². The number of carbonyl (C=O) groups is 1. The van der Waals surface area contributed by atoms with Crippen LogP contribution in [0.25, 0.3) is 0 Å². The lowest BCUT2D eigenvalue weighted by molar-refractivity contribution is 0.102. The van der Waals surface area contributed by atoms with Crippen LogP contribution in [-0.4, -0.2) is 49.2 Å². The van der Waals surface area contributed by atoms with Crippen molar-refractivity contribution in [3.63, 3.8) is 0 Å².